The van der Waals surface area contributed by atoms with E-state index in [1.807, 2.05) is 29.2 Å². The lowest BCUT2D eigenvalue weighted by atomic mass is 9.64. The van der Waals surface area contributed by atoms with Crippen molar-refractivity contribution in [2.24, 2.45) is 5.41 Å². The lowest BCUT2D eigenvalue weighted by Gasteiger charge is -2.37. The first-order chi connectivity index (χ1) is 16.8. The Morgan fingerprint density at radius 3 is 2.14 bits per heavy atom. The smallest absolute Gasteiger partial charge is 0.180 e. The van der Waals surface area contributed by atoms with Crippen LogP contribution in [0.5, 0.6) is 0 Å². The molecular formula is C28H18Cl3NO3. The Hall–Kier alpha value is -2.92. The molecule has 2 heterocycles. The van der Waals surface area contributed by atoms with Crippen LogP contribution < -0.4 is 4.90 Å². The maximum atomic E-state index is 14.3. The molecule has 0 amide bonds. The van der Waals surface area contributed by atoms with Gasteiger partial charge in [-0.05, 0) is 48.4 Å². The second-order valence-electron chi connectivity index (χ2n) is 9.19. The molecular weight excluding hydrogens is 505 g/mol. The maximum absolute atomic E-state index is 14.3. The SMILES string of the molecule is CC(=O)[C@@H]1[C@H](c2ccc(Cl)cc2Cl)C2(C(=O)c3ccccc3C2=O)[C@H]2C=Cc3cc(Cl)ccc3N12. The number of anilines is 1. The highest BCUT2D eigenvalue weighted by molar-refractivity contribution is 6.36. The third kappa shape index (κ3) is 2.91. The van der Waals surface area contributed by atoms with Crippen molar-refractivity contribution in [1.82, 2.24) is 0 Å². The Kier molecular flexibility index (Phi) is 5.02. The zero-order valence-electron chi connectivity index (χ0n) is 18.5. The highest BCUT2D eigenvalue weighted by Gasteiger charge is 2.71. The van der Waals surface area contributed by atoms with Crippen LogP contribution in [0.25, 0.3) is 6.08 Å². The Labute approximate surface area is 217 Å². The second kappa shape index (κ2) is 7.79. The number of rotatable bonds is 2. The van der Waals surface area contributed by atoms with Crippen molar-refractivity contribution in [1.29, 1.82) is 0 Å². The zero-order valence-corrected chi connectivity index (χ0v) is 20.7. The van der Waals surface area contributed by atoms with Gasteiger partial charge in [-0.1, -0.05) is 77.3 Å². The fourth-order valence-electron chi connectivity index (χ4n) is 6.20. The Morgan fingerprint density at radius 1 is 0.886 bits per heavy atom. The van der Waals surface area contributed by atoms with Crippen molar-refractivity contribution < 1.29 is 14.4 Å². The Morgan fingerprint density at radius 2 is 1.51 bits per heavy atom. The number of ketones is 3. The van der Waals surface area contributed by atoms with Gasteiger partial charge in [0, 0.05) is 37.8 Å². The predicted molar refractivity (Wildman–Crippen MR) is 138 cm³/mol. The average Bonchev–Trinajstić information content (AvgIpc) is 3.26. The largest absolute Gasteiger partial charge is 0.352 e. The van der Waals surface area contributed by atoms with Crippen LogP contribution in [0.2, 0.25) is 15.1 Å². The van der Waals surface area contributed by atoms with Crippen molar-refractivity contribution in [3.8, 4) is 0 Å². The number of benzene rings is 3. The third-order valence-corrected chi connectivity index (χ3v) is 8.28. The van der Waals surface area contributed by atoms with E-state index in [1.54, 1.807) is 48.5 Å². The van der Waals surface area contributed by atoms with Gasteiger partial charge < -0.3 is 4.90 Å². The highest BCUT2D eigenvalue weighted by Crippen LogP contribution is 2.61. The molecule has 6 rings (SSSR count). The molecule has 3 aromatic carbocycles. The van der Waals surface area contributed by atoms with Crippen LogP contribution in [-0.4, -0.2) is 29.4 Å². The first kappa shape index (κ1) is 22.5. The number of Topliss-reactive ketones (excluding diaryl/α,β-unsaturated/α-hetero) is 3. The number of fused-ring (bicyclic) bond motifs is 5. The molecule has 0 saturated carbocycles. The van der Waals surface area contributed by atoms with Crippen molar-refractivity contribution in [3.05, 3.63) is 104 Å². The topological polar surface area (TPSA) is 54.5 Å². The van der Waals surface area contributed by atoms with Crippen LogP contribution in [-0.2, 0) is 4.79 Å². The summed E-state index contributed by atoms with van der Waals surface area (Å²) in [7, 11) is 0. The highest BCUT2D eigenvalue weighted by atomic mass is 35.5. The Balaban J connectivity index is 1.70. The van der Waals surface area contributed by atoms with E-state index in [1.165, 1.54) is 6.92 Å². The summed E-state index contributed by atoms with van der Waals surface area (Å²) in [5.41, 5.74) is 1.27. The molecule has 0 unspecified atom stereocenters. The summed E-state index contributed by atoms with van der Waals surface area (Å²) in [5, 5.41) is 1.29. The summed E-state index contributed by atoms with van der Waals surface area (Å²) in [4.78, 5) is 43.9. The van der Waals surface area contributed by atoms with Crippen LogP contribution >= 0.6 is 34.8 Å². The van der Waals surface area contributed by atoms with E-state index in [4.69, 9.17) is 34.8 Å². The van der Waals surface area contributed by atoms with Gasteiger partial charge >= 0.3 is 0 Å². The number of hydrogen-bond acceptors (Lipinski definition) is 4. The van der Waals surface area contributed by atoms with Crippen LogP contribution in [0, 0.1) is 5.41 Å². The lowest BCUT2D eigenvalue weighted by molar-refractivity contribution is -0.118. The van der Waals surface area contributed by atoms with E-state index < -0.39 is 23.4 Å². The standard InChI is InChI=1S/C28H18Cl3NO3/c1-14(33)25-24(20-9-7-17(30)13-21(20)31)28(26(34)18-4-2-3-5-19(18)27(28)35)23-11-6-15-12-16(29)8-10-22(15)32(23)25/h2-13,23-25H,1H3/t23-,24+,25-/m1/s1. The summed E-state index contributed by atoms with van der Waals surface area (Å²) in [6.07, 6.45) is 3.72. The van der Waals surface area contributed by atoms with Gasteiger partial charge in [0.15, 0.2) is 17.3 Å². The van der Waals surface area contributed by atoms with Gasteiger partial charge in [-0.3, -0.25) is 14.4 Å². The summed E-state index contributed by atoms with van der Waals surface area (Å²) < 4.78 is 0. The molecule has 0 radical (unpaired) electrons. The summed E-state index contributed by atoms with van der Waals surface area (Å²) in [6, 6.07) is 15.7. The van der Waals surface area contributed by atoms with Crippen molar-refractivity contribution >= 4 is 63.9 Å². The van der Waals surface area contributed by atoms with E-state index in [0.717, 1.165) is 11.3 Å². The molecule has 3 aliphatic rings. The normalized spacial score (nSPS) is 23.4. The van der Waals surface area contributed by atoms with E-state index >= 15 is 0 Å². The van der Waals surface area contributed by atoms with Crippen LogP contribution in [0.4, 0.5) is 5.69 Å². The molecule has 0 N–H and O–H groups in total. The monoisotopic (exact) mass is 521 g/mol. The van der Waals surface area contributed by atoms with Crippen LogP contribution in [0.15, 0.2) is 66.7 Å². The third-order valence-electron chi connectivity index (χ3n) is 7.48. The number of halogens is 3. The molecule has 35 heavy (non-hydrogen) atoms. The van der Waals surface area contributed by atoms with Crippen LogP contribution in [0.3, 0.4) is 0 Å². The molecule has 0 aromatic heterocycles. The van der Waals surface area contributed by atoms with Gasteiger partial charge in [-0.15, -0.1) is 0 Å². The van der Waals surface area contributed by atoms with Gasteiger partial charge in [0.1, 0.15) is 5.41 Å². The van der Waals surface area contributed by atoms with Crippen molar-refractivity contribution in [3.63, 3.8) is 0 Å². The molecule has 1 aliphatic carbocycles. The maximum Gasteiger partial charge on any atom is 0.180 e. The summed E-state index contributed by atoms with van der Waals surface area (Å²) in [5.74, 6) is -1.59. The quantitative estimate of drug-likeness (QED) is 0.353. The van der Waals surface area contributed by atoms with E-state index in [-0.39, 0.29) is 17.3 Å². The molecule has 0 bridgehead atoms. The van der Waals surface area contributed by atoms with Gasteiger partial charge in [0.05, 0.1) is 12.1 Å². The van der Waals surface area contributed by atoms with E-state index in [0.29, 0.717) is 31.8 Å². The second-order valence-corrected chi connectivity index (χ2v) is 10.5. The summed E-state index contributed by atoms with van der Waals surface area (Å²) in [6.45, 7) is 1.49. The van der Waals surface area contributed by atoms with Gasteiger partial charge in [-0.2, -0.15) is 0 Å². The molecule has 7 heteroatoms. The fraction of sp³-hybridized carbons (Fsp3) is 0.179. The molecule has 1 spiro atoms. The zero-order chi connectivity index (χ0) is 24.6. The number of carbonyl (C=O) groups is 3. The van der Waals surface area contributed by atoms with E-state index in [9.17, 15) is 14.4 Å². The molecule has 2 aliphatic heterocycles. The minimum atomic E-state index is -1.56. The predicted octanol–water partition coefficient (Wildman–Crippen LogP) is 6.67. The van der Waals surface area contributed by atoms with Gasteiger partial charge in [-0.25, -0.2) is 0 Å². The van der Waals surface area contributed by atoms with E-state index in [2.05, 4.69) is 0 Å². The van der Waals surface area contributed by atoms with Gasteiger partial charge in [0.25, 0.3) is 0 Å². The number of hydrogen-bond donors (Lipinski definition) is 0. The minimum absolute atomic E-state index is 0.171. The first-order valence-electron chi connectivity index (χ1n) is 11.2. The molecule has 174 valence electrons. The summed E-state index contributed by atoms with van der Waals surface area (Å²) >= 11 is 19.1. The van der Waals surface area contributed by atoms with Crippen molar-refractivity contribution in [2.45, 2.75) is 24.9 Å². The minimum Gasteiger partial charge on any atom is -0.352 e. The molecule has 3 aromatic rings. The number of nitrogens with zero attached hydrogens (tertiary/aromatic N) is 1. The molecule has 1 saturated heterocycles. The fourth-order valence-corrected chi connectivity index (χ4v) is 6.90. The lowest BCUT2D eigenvalue weighted by Crippen LogP contribution is -2.48. The van der Waals surface area contributed by atoms with Crippen molar-refractivity contribution in [2.75, 3.05) is 4.90 Å². The van der Waals surface area contributed by atoms with Crippen LogP contribution in [0.1, 0.15) is 44.7 Å². The molecule has 1 fully saturated rings. The van der Waals surface area contributed by atoms with Gasteiger partial charge in [0.2, 0.25) is 0 Å². The first-order valence-corrected chi connectivity index (χ1v) is 12.3. The molecule has 4 nitrogen and oxygen atoms in total. The number of carbonyl (C=O) groups excluding carboxylic acids is 3. The Bertz CT molecular complexity index is 1460. The molecule has 3 atom stereocenters. The average molecular weight is 523 g/mol.